The van der Waals surface area contributed by atoms with Crippen LogP contribution in [0.25, 0.3) is 0 Å². The second-order valence-corrected chi connectivity index (χ2v) is 6.55. The summed E-state index contributed by atoms with van der Waals surface area (Å²) in [7, 11) is -3.48. The minimum atomic E-state index is -4.60. The van der Waals surface area contributed by atoms with Crippen LogP contribution in [0, 0.1) is 0 Å². The molecule has 1 aromatic heterocycles. The largest absolute Gasteiger partial charge is 0.433 e. The second kappa shape index (κ2) is 4.71. The van der Waals surface area contributed by atoms with Crippen molar-refractivity contribution in [3.05, 3.63) is 22.8 Å². The molecule has 2 heterocycles. The number of aromatic nitrogens is 2. The fraction of sp³-hybridized carbons (Fsp3) is 0.600. The van der Waals surface area contributed by atoms with Crippen molar-refractivity contribution in [1.82, 2.24) is 15.3 Å². The Morgan fingerprint density at radius 2 is 2.00 bits per heavy atom. The van der Waals surface area contributed by atoms with Crippen LogP contribution >= 0.6 is 0 Å². The van der Waals surface area contributed by atoms with E-state index in [1.165, 1.54) is 0 Å². The molecule has 0 aliphatic carbocycles. The molecule has 0 unspecified atom stereocenters. The zero-order valence-electron chi connectivity index (χ0n) is 10.1. The molecule has 0 fully saturated rings. The van der Waals surface area contributed by atoms with Crippen LogP contribution in [-0.4, -0.2) is 31.2 Å². The molecule has 1 aromatic rings. The van der Waals surface area contributed by atoms with Crippen molar-refractivity contribution in [3.8, 4) is 0 Å². The van der Waals surface area contributed by atoms with Gasteiger partial charge >= 0.3 is 6.18 Å². The van der Waals surface area contributed by atoms with Gasteiger partial charge in [-0.15, -0.1) is 0 Å². The monoisotopic (exact) mass is 295 g/mol. The van der Waals surface area contributed by atoms with Crippen LogP contribution in [0.5, 0.6) is 0 Å². The first kappa shape index (κ1) is 14.2. The van der Waals surface area contributed by atoms with Gasteiger partial charge in [0.05, 0.1) is 5.69 Å². The molecule has 2 rings (SSSR count). The maximum absolute atomic E-state index is 12.9. The van der Waals surface area contributed by atoms with Gasteiger partial charge in [0.1, 0.15) is 11.6 Å². The molecule has 0 spiro atoms. The zero-order valence-corrected chi connectivity index (χ0v) is 10.9. The van der Waals surface area contributed by atoms with Crippen LogP contribution in [0.4, 0.5) is 13.2 Å². The third-order valence-electron chi connectivity index (χ3n) is 2.64. The van der Waals surface area contributed by atoms with Crippen LogP contribution in [0.1, 0.15) is 22.8 Å². The van der Waals surface area contributed by atoms with E-state index < -0.39 is 27.5 Å². The fourth-order valence-electron chi connectivity index (χ4n) is 1.94. The number of sulfone groups is 1. The minimum absolute atomic E-state index is 0.0588. The molecule has 5 nitrogen and oxygen atoms in total. The van der Waals surface area contributed by atoms with E-state index in [4.69, 9.17) is 0 Å². The molecule has 0 saturated carbocycles. The molecule has 19 heavy (non-hydrogen) atoms. The van der Waals surface area contributed by atoms with E-state index in [1.807, 2.05) is 0 Å². The lowest BCUT2D eigenvalue weighted by atomic mass is 10.0. The van der Waals surface area contributed by atoms with E-state index in [1.54, 1.807) is 0 Å². The van der Waals surface area contributed by atoms with Crippen LogP contribution in [0.2, 0.25) is 0 Å². The quantitative estimate of drug-likeness (QED) is 0.869. The summed E-state index contributed by atoms with van der Waals surface area (Å²) in [5, 5.41) is 2.90. The topological polar surface area (TPSA) is 72.0 Å². The van der Waals surface area contributed by atoms with Crippen molar-refractivity contribution in [3.63, 3.8) is 0 Å². The van der Waals surface area contributed by atoms with Crippen molar-refractivity contribution >= 4 is 9.84 Å². The van der Waals surface area contributed by atoms with Gasteiger partial charge in [-0.1, -0.05) is 0 Å². The molecule has 0 amide bonds. The Kier molecular flexibility index (Phi) is 3.52. The molecule has 0 bridgehead atoms. The van der Waals surface area contributed by atoms with E-state index in [0.717, 1.165) is 6.26 Å². The Balaban J connectivity index is 2.54. The lowest BCUT2D eigenvalue weighted by Crippen LogP contribution is -2.29. The van der Waals surface area contributed by atoms with Gasteiger partial charge in [0.2, 0.25) is 0 Å². The van der Waals surface area contributed by atoms with Crippen molar-refractivity contribution in [1.29, 1.82) is 0 Å². The molecule has 0 radical (unpaired) electrons. The highest BCUT2D eigenvalue weighted by Gasteiger charge is 2.38. The summed E-state index contributed by atoms with van der Waals surface area (Å²) in [5.74, 6) is -0.902. The van der Waals surface area contributed by atoms with E-state index in [2.05, 4.69) is 15.3 Å². The predicted molar refractivity (Wildman–Crippen MR) is 61.0 cm³/mol. The number of rotatable bonds is 2. The van der Waals surface area contributed by atoms with Gasteiger partial charge in [0.15, 0.2) is 15.5 Å². The van der Waals surface area contributed by atoms with E-state index >= 15 is 0 Å². The summed E-state index contributed by atoms with van der Waals surface area (Å²) in [6.07, 6.45) is -3.48. The molecule has 1 aliphatic heterocycles. The first-order chi connectivity index (χ1) is 8.67. The highest BCUT2D eigenvalue weighted by atomic mass is 32.2. The Bertz CT molecular complexity index is 599. The van der Waals surface area contributed by atoms with Crippen LogP contribution in [0.3, 0.4) is 0 Å². The summed E-state index contributed by atoms with van der Waals surface area (Å²) in [6, 6.07) is 0. The Morgan fingerprint density at radius 3 is 2.58 bits per heavy atom. The molecule has 0 saturated heterocycles. The van der Waals surface area contributed by atoms with E-state index in [9.17, 15) is 21.6 Å². The average Bonchev–Trinajstić information content (AvgIpc) is 2.24. The number of hydrogen-bond acceptors (Lipinski definition) is 5. The summed E-state index contributed by atoms with van der Waals surface area (Å²) >= 11 is 0. The number of hydrogen-bond donors (Lipinski definition) is 1. The van der Waals surface area contributed by atoms with Gasteiger partial charge in [-0.2, -0.15) is 13.2 Å². The van der Waals surface area contributed by atoms with Crippen molar-refractivity contribution in [2.75, 3.05) is 12.8 Å². The first-order valence-corrected chi connectivity index (χ1v) is 7.57. The second-order valence-electron chi connectivity index (χ2n) is 4.41. The van der Waals surface area contributed by atoms with Crippen LogP contribution in [-0.2, 0) is 34.7 Å². The standard InChI is InChI=1S/C10H12F3N3O2S/c1-19(17,18)5-8-15-7-4-14-3-2-6(7)9(16-8)10(11,12)13/h14H,2-5H2,1H3. The normalized spacial score (nSPS) is 16.2. The Hall–Kier alpha value is -1.22. The van der Waals surface area contributed by atoms with Crippen molar-refractivity contribution < 1.29 is 21.6 Å². The van der Waals surface area contributed by atoms with Gasteiger partial charge in [-0.05, 0) is 13.0 Å². The Labute approximate surface area is 108 Å². The number of nitrogens with one attached hydrogen (secondary N) is 1. The third-order valence-corrected chi connectivity index (χ3v) is 3.43. The van der Waals surface area contributed by atoms with Crippen molar-refractivity contribution in [2.45, 2.75) is 24.9 Å². The van der Waals surface area contributed by atoms with Gasteiger partial charge in [-0.25, -0.2) is 18.4 Å². The molecule has 0 aromatic carbocycles. The molecule has 0 atom stereocenters. The highest BCUT2D eigenvalue weighted by Crippen LogP contribution is 2.32. The summed E-state index contributed by atoms with van der Waals surface area (Å²) in [6.45, 7) is 0.614. The zero-order chi connectivity index (χ0) is 14.3. The average molecular weight is 295 g/mol. The summed E-state index contributed by atoms with van der Waals surface area (Å²) in [4.78, 5) is 7.32. The highest BCUT2D eigenvalue weighted by molar-refractivity contribution is 7.89. The maximum Gasteiger partial charge on any atom is 0.433 e. The van der Waals surface area contributed by atoms with Crippen LogP contribution < -0.4 is 5.32 Å². The predicted octanol–water partition coefficient (Wildman–Crippen LogP) is 0.686. The molecule has 1 N–H and O–H groups in total. The smallest absolute Gasteiger partial charge is 0.311 e. The SMILES string of the molecule is CS(=O)(=O)Cc1nc2c(c(C(F)(F)F)n1)CCNC2. The van der Waals surface area contributed by atoms with Gasteiger partial charge in [0.25, 0.3) is 0 Å². The lowest BCUT2D eigenvalue weighted by molar-refractivity contribution is -0.142. The maximum atomic E-state index is 12.9. The van der Waals surface area contributed by atoms with Gasteiger partial charge in [0, 0.05) is 18.4 Å². The third kappa shape index (κ3) is 3.41. The molecule has 9 heteroatoms. The lowest BCUT2D eigenvalue weighted by Gasteiger charge is -2.21. The number of nitrogens with zero attached hydrogens (tertiary/aromatic N) is 2. The van der Waals surface area contributed by atoms with Crippen LogP contribution in [0.15, 0.2) is 0 Å². The fourth-order valence-corrected chi connectivity index (χ4v) is 2.54. The number of fused-ring (bicyclic) bond motifs is 1. The first-order valence-electron chi connectivity index (χ1n) is 5.51. The summed E-state index contributed by atoms with van der Waals surface area (Å²) in [5.41, 5.74) is -0.728. The number of alkyl halides is 3. The minimum Gasteiger partial charge on any atom is -0.311 e. The van der Waals surface area contributed by atoms with E-state index in [-0.39, 0.29) is 30.0 Å². The molecular formula is C10H12F3N3O2S. The summed E-state index contributed by atoms with van der Waals surface area (Å²) < 4.78 is 61.1. The molecule has 1 aliphatic rings. The molecular weight excluding hydrogens is 283 g/mol. The van der Waals surface area contributed by atoms with Gasteiger partial charge < -0.3 is 5.32 Å². The Morgan fingerprint density at radius 1 is 1.32 bits per heavy atom. The number of halogens is 3. The van der Waals surface area contributed by atoms with Crippen molar-refractivity contribution in [2.24, 2.45) is 0 Å². The van der Waals surface area contributed by atoms with Gasteiger partial charge in [-0.3, -0.25) is 0 Å². The van der Waals surface area contributed by atoms with E-state index in [0.29, 0.717) is 6.54 Å². The molecule has 106 valence electrons.